The number of benzene rings is 2. The molecule has 1 saturated carbocycles. The minimum absolute atomic E-state index is 0.00130. The monoisotopic (exact) mass is 446 g/mol. The maximum atomic E-state index is 12.6. The van der Waals surface area contributed by atoms with Crippen LogP contribution in [-0.4, -0.2) is 47.0 Å². The lowest BCUT2D eigenvalue weighted by atomic mass is 9.76. The second kappa shape index (κ2) is 10.5. The lowest BCUT2D eigenvalue weighted by Gasteiger charge is -2.38. The van der Waals surface area contributed by atoms with Crippen molar-refractivity contribution in [1.29, 1.82) is 0 Å². The Morgan fingerprint density at radius 1 is 1.12 bits per heavy atom. The first-order valence-electron chi connectivity index (χ1n) is 10.6. The van der Waals surface area contributed by atoms with Crippen molar-refractivity contribution < 1.29 is 19.5 Å². The molecule has 0 spiro atoms. The van der Waals surface area contributed by atoms with Crippen molar-refractivity contribution in [2.75, 3.05) is 6.54 Å². The number of aryl methyl sites for hydroxylation is 1. The number of Topliss-reactive ketones (excluding diaryl/α,β-unsaturated/α-hetero) is 1. The molecule has 0 unspecified atom stereocenters. The van der Waals surface area contributed by atoms with Crippen LogP contribution < -0.4 is 11.1 Å². The van der Waals surface area contributed by atoms with Crippen LogP contribution in [0.25, 0.3) is 6.08 Å². The van der Waals surface area contributed by atoms with E-state index in [1.54, 1.807) is 42.5 Å². The second-order valence-corrected chi connectivity index (χ2v) is 7.86. The number of nitrogens with one attached hydrogen (secondary N) is 1. The number of carboxylic acids is 1. The van der Waals surface area contributed by atoms with Crippen LogP contribution in [0.5, 0.6) is 0 Å². The molecule has 4 N–H and O–H groups in total. The lowest BCUT2D eigenvalue weighted by Crippen LogP contribution is -2.59. The molecule has 0 saturated heterocycles. The van der Waals surface area contributed by atoms with E-state index in [4.69, 9.17) is 5.73 Å². The van der Waals surface area contributed by atoms with Crippen LogP contribution in [0.4, 0.5) is 0 Å². The van der Waals surface area contributed by atoms with E-state index in [2.05, 4.69) is 15.3 Å². The smallest absolute Gasteiger partial charge is 0.329 e. The summed E-state index contributed by atoms with van der Waals surface area (Å²) in [4.78, 5) is 44.8. The van der Waals surface area contributed by atoms with E-state index in [9.17, 15) is 19.5 Å². The van der Waals surface area contributed by atoms with Crippen molar-refractivity contribution in [3.63, 3.8) is 0 Å². The van der Waals surface area contributed by atoms with E-state index in [1.807, 2.05) is 25.1 Å². The van der Waals surface area contributed by atoms with Gasteiger partial charge in [0, 0.05) is 11.1 Å². The normalized spacial score (nSPS) is 15.4. The Hall–Kier alpha value is -4.07. The molecule has 0 bridgehead atoms. The predicted molar refractivity (Wildman–Crippen MR) is 128 cm³/mol. The van der Waals surface area contributed by atoms with Crippen molar-refractivity contribution >= 4 is 35.9 Å². The highest BCUT2D eigenvalue weighted by atomic mass is 16.4. The minimum Gasteiger partial charge on any atom is -0.480 e. The zero-order valence-electron chi connectivity index (χ0n) is 18.3. The van der Waals surface area contributed by atoms with Gasteiger partial charge in [0.25, 0.3) is 5.91 Å². The maximum absolute atomic E-state index is 12.6. The van der Waals surface area contributed by atoms with Gasteiger partial charge in [-0.3, -0.25) is 14.6 Å². The van der Waals surface area contributed by atoms with E-state index in [-0.39, 0.29) is 18.2 Å². The summed E-state index contributed by atoms with van der Waals surface area (Å²) < 4.78 is 0. The highest BCUT2D eigenvalue weighted by Gasteiger charge is 2.45. The molecule has 3 rings (SSSR count). The van der Waals surface area contributed by atoms with Crippen LogP contribution in [-0.2, 0) is 4.79 Å². The van der Waals surface area contributed by atoms with Gasteiger partial charge in [0.1, 0.15) is 5.54 Å². The van der Waals surface area contributed by atoms with Crippen LogP contribution in [0.2, 0.25) is 0 Å². The summed E-state index contributed by atoms with van der Waals surface area (Å²) in [5.74, 6) is -1.76. The molecule has 1 aliphatic rings. The van der Waals surface area contributed by atoms with E-state index in [1.165, 1.54) is 0 Å². The quantitative estimate of drug-likeness (QED) is 0.325. The molecule has 1 fully saturated rings. The molecule has 1 aliphatic carbocycles. The molecule has 0 aliphatic heterocycles. The number of carboxylic acid groups (broad SMARTS) is 1. The molecule has 2 aromatic rings. The number of nitrogens with two attached hydrogens (primary N) is 1. The zero-order chi connectivity index (χ0) is 23.8. The Morgan fingerprint density at radius 2 is 1.85 bits per heavy atom. The minimum atomic E-state index is -1.17. The SMILES string of the molecule is Cc1ccc(C(=O)C(N=CN)=NC/C=C/c2cccc(C(=O)NC3(C(=O)O)CCC3)c2)cc1. The number of carbonyl (C=O) groups excluding carboxylic acids is 2. The molecule has 0 atom stereocenters. The lowest BCUT2D eigenvalue weighted by molar-refractivity contribution is -0.148. The first-order chi connectivity index (χ1) is 15.8. The number of aliphatic carboxylic acids is 1. The van der Waals surface area contributed by atoms with Crippen molar-refractivity contribution in [3.05, 3.63) is 76.9 Å². The van der Waals surface area contributed by atoms with Gasteiger partial charge in [-0.05, 0) is 43.9 Å². The molecule has 0 radical (unpaired) electrons. The van der Waals surface area contributed by atoms with Gasteiger partial charge >= 0.3 is 5.97 Å². The fourth-order valence-corrected chi connectivity index (χ4v) is 3.40. The summed E-state index contributed by atoms with van der Waals surface area (Å²) in [5, 5.41) is 12.1. The molecule has 1 amide bonds. The first kappa shape index (κ1) is 23.6. The number of hydrogen-bond acceptors (Lipinski definition) is 4. The molecule has 2 aromatic carbocycles. The summed E-state index contributed by atoms with van der Waals surface area (Å²) >= 11 is 0. The van der Waals surface area contributed by atoms with Crippen LogP contribution in [0.3, 0.4) is 0 Å². The molecular formula is C25H26N4O4. The van der Waals surface area contributed by atoms with Gasteiger partial charge < -0.3 is 16.2 Å². The van der Waals surface area contributed by atoms with E-state index >= 15 is 0 Å². The van der Waals surface area contributed by atoms with Crippen molar-refractivity contribution in [1.82, 2.24) is 5.32 Å². The maximum Gasteiger partial charge on any atom is 0.329 e. The van der Waals surface area contributed by atoms with Crippen LogP contribution in [0.15, 0.2) is 64.6 Å². The third-order valence-electron chi connectivity index (χ3n) is 5.49. The van der Waals surface area contributed by atoms with Crippen LogP contribution in [0, 0.1) is 6.92 Å². The third kappa shape index (κ3) is 5.79. The van der Waals surface area contributed by atoms with Crippen molar-refractivity contribution in [3.8, 4) is 0 Å². The van der Waals surface area contributed by atoms with Crippen molar-refractivity contribution in [2.45, 2.75) is 31.7 Å². The first-order valence-corrected chi connectivity index (χ1v) is 10.6. The largest absolute Gasteiger partial charge is 0.480 e. The topological polar surface area (TPSA) is 134 Å². The highest BCUT2D eigenvalue weighted by Crippen LogP contribution is 2.32. The number of nitrogens with zero attached hydrogens (tertiary/aromatic N) is 2. The van der Waals surface area contributed by atoms with Gasteiger partial charge in [-0.25, -0.2) is 9.79 Å². The second-order valence-electron chi connectivity index (χ2n) is 7.86. The van der Waals surface area contributed by atoms with E-state index < -0.39 is 17.4 Å². The van der Waals surface area contributed by atoms with Gasteiger partial charge in [-0.15, -0.1) is 0 Å². The van der Waals surface area contributed by atoms with E-state index in [0.717, 1.165) is 23.9 Å². The molecule has 0 aromatic heterocycles. The summed E-state index contributed by atoms with van der Waals surface area (Å²) in [6.45, 7) is 2.12. The number of hydrogen-bond donors (Lipinski definition) is 3. The molecule has 8 nitrogen and oxygen atoms in total. The predicted octanol–water partition coefficient (Wildman–Crippen LogP) is 3.01. The fourth-order valence-electron chi connectivity index (χ4n) is 3.40. The van der Waals surface area contributed by atoms with Crippen LogP contribution >= 0.6 is 0 Å². The van der Waals surface area contributed by atoms with E-state index in [0.29, 0.717) is 24.0 Å². The Kier molecular flexibility index (Phi) is 7.50. The summed E-state index contributed by atoms with van der Waals surface area (Å²) in [6, 6.07) is 13.9. The summed E-state index contributed by atoms with van der Waals surface area (Å²) in [7, 11) is 0. The van der Waals surface area contributed by atoms with Gasteiger partial charge in [0.15, 0.2) is 5.84 Å². The Morgan fingerprint density at radius 3 is 2.45 bits per heavy atom. The molecular weight excluding hydrogens is 420 g/mol. The number of amidine groups is 1. The number of aliphatic imine (C=N–C) groups is 2. The van der Waals surface area contributed by atoms with Crippen LogP contribution in [0.1, 0.15) is 51.1 Å². The number of rotatable bonds is 8. The molecule has 8 heteroatoms. The third-order valence-corrected chi connectivity index (χ3v) is 5.49. The Bertz CT molecular complexity index is 1130. The van der Waals surface area contributed by atoms with Gasteiger partial charge in [-0.1, -0.05) is 54.1 Å². The Labute approximate surface area is 191 Å². The average Bonchev–Trinajstić information content (AvgIpc) is 2.78. The van der Waals surface area contributed by atoms with Crippen molar-refractivity contribution in [2.24, 2.45) is 15.7 Å². The average molecular weight is 447 g/mol. The molecule has 33 heavy (non-hydrogen) atoms. The fraction of sp³-hybridized carbons (Fsp3) is 0.240. The summed E-state index contributed by atoms with van der Waals surface area (Å²) in [6.07, 6.45) is 6.16. The number of ketones is 1. The Balaban J connectivity index is 1.67. The number of amides is 1. The standard InChI is InChI=1S/C25H26N4O4/c1-17-8-10-19(11-9-17)21(30)22(28-16-26)27-14-3-6-18-5-2-7-20(15-18)23(31)29-25(24(32)33)12-4-13-25/h2-3,5-11,15-16H,4,12-14H2,1H3,(H,29,31)(H,32,33)(H2,26,27,28)/b6-3+. The van der Waals surface area contributed by atoms with Gasteiger partial charge in [-0.2, -0.15) is 0 Å². The summed E-state index contributed by atoms with van der Waals surface area (Å²) in [5.41, 5.74) is 6.83. The molecule has 170 valence electrons. The van der Waals surface area contributed by atoms with Gasteiger partial charge in [0.05, 0.1) is 12.9 Å². The zero-order valence-corrected chi connectivity index (χ0v) is 18.3. The molecule has 0 heterocycles. The number of carbonyl (C=O) groups is 3. The van der Waals surface area contributed by atoms with Gasteiger partial charge in [0.2, 0.25) is 5.78 Å². The highest BCUT2D eigenvalue weighted by molar-refractivity contribution is 6.46.